The number of hydrogen-bond acceptors (Lipinski definition) is 6. The molecule has 7 aromatic heterocycles. The van der Waals surface area contributed by atoms with Crippen LogP contribution in [0.5, 0.6) is 0 Å². The molecular formula is C58H38N8. The van der Waals surface area contributed by atoms with E-state index in [4.69, 9.17) is 29.9 Å². The van der Waals surface area contributed by atoms with Crippen LogP contribution >= 0.6 is 0 Å². The number of nitrogens with zero attached hydrogens (tertiary/aromatic N) is 8. The van der Waals surface area contributed by atoms with Crippen LogP contribution in [0.1, 0.15) is 0 Å². The molecule has 5 aromatic carbocycles. The zero-order chi connectivity index (χ0) is 43.8. The Labute approximate surface area is 380 Å². The summed E-state index contributed by atoms with van der Waals surface area (Å²) in [6.07, 6.45) is 4.11. The Balaban J connectivity index is 1.11. The molecule has 0 N–H and O–H groups in total. The molecule has 0 saturated carbocycles. The van der Waals surface area contributed by atoms with E-state index in [9.17, 15) is 0 Å². The van der Waals surface area contributed by atoms with Gasteiger partial charge in [-0.1, -0.05) is 164 Å². The van der Waals surface area contributed by atoms with Crippen LogP contribution in [0.25, 0.3) is 113 Å². The fourth-order valence-electron chi connectivity index (χ4n) is 8.68. The van der Waals surface area contributed by atoms with Gasteiger partial charge in [0.25, 0.3) is 0 Å². The van der Waals surface area contributed by atoms with Gasteiger partial charge >= 0.3 is 0 Å². The number of pyridine rings is 4. The van der Waals surface area contributed by atoms with Gasteiger partial charge in [-0.2, -0.15) is 0 Å². The molecule has 0 unspecified atom stereocenters. The van der Waals surface area contributed by atoms with E-state index in [1.165, 1.54) is 0 Å². The highest BCUT2D eigenvalue weighted by molar-refractivity contribution is 5.87. The van der Waals surface area contributed by atoms with Gasteiger partial charge in [-0.05, 0) is 76.9 Å². The molecule has 0 saturated heterocycles. The van der Waals surface area contributed by atoms with Crippen LogP contribution < -0.4 is 0 Å². The van der Waals surface area contributed by atoms with Crippen molar-refractivity contribution in [1.29, 1.82) is 0 Å². The Kier molecular flexibility index (Phi) is 9.65. The molecule has 7 heterocycles. The highest BCUT2D eigenvalue weighted by Gasteiger charge is 2.23. The lowest BCUT2D eigenvalue weighted by Gasteiger charge is -2.14. The minimum absolute atomic E-state index is 0.556. The van der Waals surface area contributed by atoms with Crippen molar-refractivity contribution in [3.8, 4) is 102 Å². The van der Waals surface area contributed by atoms with E-state index in [0.717, 1.165) is 84.4 Å². The van der Waals surface area contributed by atoms with Crippen molar-refractivity contribution in [1.82, 2.24) is 38.7 Å². The third-order valence-electron chi connectivity index (χ3n) is 11.8. The molecule has 0 aliphatic rings. The first kappa shape index (κ1) is 38.5. The first-order chi connectivity index (χ1) is 32.7. The first-order valence-electron chi connectivity index (χ1n) is 21.9. The van der Waals surface area contributed by atoms with E-state index < -0.39 is 0 Å². The number of fused-ring (bicyclic) bond motifs is 2. The second-order valence-electron chi connectivity index (χ2n) is 16.0. The highest BCUT2D eigenvalue weighted by Crippen LogP contribution is 2.39. The topological polar surface area (TPSA) is 86.2 Å². The Bertz CT molecular complexity index is 3460. The molecule has 12 aromatic rings. The lowest BCUT2D eigenvalue weighted by molar-refractivity contribution is 1.15. The maximum Gasteiger partial charge on any atom is 0.160 e. The van der Waals surface area contributed by atoms with Gasteiger partial charge in [0.2, 0.25) is 0 Å². The van der Waals surface area contributed by atoms with Crippen LogP contribution in [0.2, 0.25) is 0 Å². The predicted molar refractivity (Wildman–Crippen MR) is 264 cm³/mol. The fraction of sp³-hybridized carbons (Fsp3) is 0. The van der Waals surface area contributed by atoms with Crippen molar-refractivity contribution < 1.29 is 0 Å². The third kappa shape index (κ3) is 7.18. The average molecular weight is 847 g/mol. The van der Waals surface area contributed by atoms with Crippen LogP contribution in [-0.4, -0.2) is 38.7 Å². The van der Waals surface area contributed by atoms with Crippen LogP contribution in [0.3, 0.4) is 0 Å². The number of benzene rings is 5. The molecule has 0 aliphatic carbocycles. The molecule has 66 heavy (non-hydrogen) atoms. The van der Waals surface area contributed by atoms with Gasteiger partial charge in [0.05, 0.1) is 45.6 Å². The average Bonchev–Trinajstić information content (AvgIpc) is 3.99. The summed E-state index contributed by atoms with van der Waals surface area (Å²) >= 11 is 0. The third-order valence-corrected chi connectivity index (χ3v) is 11.8. The molecule has 0 spiro atoms. The van der Waals surface area contributed by atoms with E-state index in [0.29, 0.717) is 28.6 Å². The monoisotopic (exact) mass is 846 g/mol. The van der Waals surface area contributed by atoms with Crippen molar-refractivity contribution >= 4 is 11.3 Å². The number of aromatic nitrogens is 8. The fourth-order valence-corrected chi connectivity index (χ4v) is 8.68. The summed E-state index contributed by atoms with van der Waals surface area (Å²) in [5.41, 5.74) is 16.2. The largest absolute Gasteiger partial charge is 0.299 e. The summed E-state index contributed by atoms with van der Waals surface area (Å²) in [6.45, 7) is 0. The summed E-state index contributed by atoms with van der Waals surface area (Å²) in [5.74, 6) is 0.556. The van der Waals surface area contributed by atoms with Crippen molar-refractivity contribution in [2.24, 2.45) is 0 Å². The van der Waals surface area contributed by atoms with E-state index >= 15 is 0 Å². The SMILES string of the molecule is c1ccc(-c2cc(-c3cc(-c4cc(-c5ccccc5)cc(-c5nc6ccccn6c5-c5ccccc5)n4)nc(-c4ccccc4)n3)nc(-c3nc4ccccn4c3-c3ccccc3)c2)cc1. The maximum atomic E-state index is 5.45. The minimum atomic E-state index is 0.556. The molecule has 12 rings (SSSR count). The normalized spacial score (nSPS) is 11.3. The highest BCUT2D eigenvalue weighted by atomic mass is 15.0. The summed E-state index contributed by atoms with van der Waals surface area (Å²) in [6, 6.07) is 74.2. The van der Waals surface area contributed by atoms with Gasteiger partial charge in [0.1, 0.15) is 22.7 Å². The van der Waals surface area contributed by atoms with E-state index in [1.54, 1.807) is 0 Å². The summed E-state index contributed by atoms with van der Waals surface area (Å²) in [7, 11) is 0. The Morgan fingerprint density at radius 3 is 0.985 bits per heavy atom. The van der Waals surface area contributed by atoms with E-state index in [1.807, 2.05) is 97.1 Å². The molecule has 0 bridgehead atoms. The van der Waals surface area contributed by atoms with Crippen LogP contribution in [0.4, 0.5) is 0 Å². The van der Waals surface area contributed by atoms with Crippen LogP contribution in [-0.2, 0) is 0 Å². The zero-order valence-corrected chi connectivity index (χ0v) is 35.5. The molecule has 0 fully saturated rings. The first-order valence-corrected chi connectivity index (χ1v) is 21.9. The van der Waals surface area contributed by atoms with Gasteiger partial charge < -0.3 is 0 Å². The lowest BCUT2D eigenvalue weighted by atomic mass is 10.00. The van der Waals surface area contributed by atoms with Gasteiger partial charge in [0.15, 0.2) is 5.82 Å². The summed E-state index contributed by atoms with van der Waals surface area (Å²) in [5, 5.41) is 0. The standard InChI is InChI=1S/C58H38N8/c1-6-20-39(21-7-1)44-34-46(59-50(36-44)54-56(41-24-10-3-11-25-41)65-32-18-16-30-52(65)63-54)48-38-49(62-58(61-48)43-28-14-5-15-29-43)47-35-45(40-22-8-2-9-23-40)37-51(60-47)55-57(42-26-12-4-13-27-42)66-33-19-17-31-53(66)64-55/h1-38H. The molecule has 8 heteroatoms. The second-order valence-corrected chi connectivity index (χ2v) is 16.0. The Morgan fingerprint density at radius 1 is 0.242 bits per heavy atom. The molecule has 310 valence electrons. The van der Waals surface area contributed by atoms with Gasteiger partial charge in [-0.3, -0.25) is 8.80 Å². The zero-order valence-electron chi connectivity index (χ0n) is 35.5. The molecule has 0 atom stereocenters. The van der Waals surface area contributed by atoms with Crippen molar-refractivity contribution in [3.05, 3.63) is 231 Å². The van der Waals surface area contributed by atoms with E-state index in [2.05, 4.69) is 143 Å². The van der Waals surface area contributed by atoms with Crippen LogP contribution in [0, 0.1) is 0 Å². The summed E-state index contributed by atoms with van der Waals surface area (Å²) < 4.78 is 4.26. The van der Waals surface area contributed by atoms with Gasteiger partial charge in [0, 0.05) is 29.1 Å². The molecule has 0 aliphatic heterocycles. The van der Waals surface area contributed by atoms with Crippen molar-refractivity contribution in [2.45, 2.75) is 0 Å². The van der Waals surface area contributed by atoms with E-state index in [-0.39, 0.29) is 0 Å². The quantitative estimate of drug-likeness (QED) is 0.144. The van der Waals surface area contributed by atoms with Gasteiger partial charge in [-0.25, -0.2) is 29.9 Å². The molecule has 0 amide bonds. The molecule has 0 radical (unpaired) electrons. The maximum absolute atomic E-state index is 5.45. The Morgan fingerprint density at radius 2 is 0.576 bits per heavy atom. The number of imidazole rings is 2. The second kappa shape index (κ2) is 16.5. The van der Waals surface area contributed by atoms with Crippen molar-refractivity contribution in [3.63, 3.8) is 0 Å². The summed E-state index contributed by atoms with van der Waals surface area (Å²) in [4.78, 5) is 32.0. The molecule has 8 nitrogen and oxygen atoms in total. The smallest absolute Gasteiger partial charge is 0.160 e. The number of rotatable bonds is 9. The predicted octanol–water partition coefficient (Wildman–Crippen LogP) is 13.6. The lowest BCUT2D eigenvalue weighted by Crippen LogP contribution is -2.00. The molecular weight excluding hydrogens is 809 g/mol. The van der Waals surface area contributed by atoms with Crippen molar-refractivity contribution in [2.75, 3.05) is 0 Å². The number of hydrogen-bond donors (Lipinski definition) is 0. The van der Waals surface area contributed by atoms with Crippen LogP contribution in [0.15, 0.2) is 231 Å². The minimum Gasteiger partial charge on any atom is -0.299 e. The Hall–Kier alpha value is -9.14. The van der Waals surface area contributed by atoms with Gasteiger partial charge in [-0.15, -0.1) is 0 Å².